The van der Waals surface area contributed by atoms with E-state index < -0.39 is 0 Å². The molecule has 0 amide bonds. The van der Waals surface area contributed by atoms with Crippen molar-refractivity contribution in [1.29, 1.82) is 0 Å². The Morgan fingerprint density at radius 1 is 0.250 bits per heavy atom. The van der Waals surface area contributed by atoms with Gasteiger partial charge >= 0.3 is 0 Å². The minimum Gasteiger partial charge on any atom is -0.456 e. The van der Waals surface area contributed by atoms with Gasteiger partial charge in [0.1, 0.15) is 22.3 Å². The maximum atomic E-state index is 6.56. The molecule has 5 heteroatoms. The quantitative estimate of drug-likeness (QED) is 0.167. The second kappa shape index (κ2) is 14.5. The Bertz CT molecular complexity index is 3950. The van der Waals surface area contributed by atoms with Crippen LogP contribution in [0.5, 0.6) is 0 Å². The highest BCUT2D eigenvalue weighted by atomic mass is 16.3. The van der Waals surface area contributed by atoms with Gasteiger partial charge in [-0.2, -0.15) is 0 Å². The van der Waals surface area contributed by atoms with Crippen molar-refractivity contribution in [2.45, 2.75) is 0 Å². The van der Waals surface area contributed by atoms with Crippen molar-refractivity contribution in [1.82, 2.24) is 15.0 Å². The van der Waals surface area contributed by atoms with Gasteiger partial charge in [-0.15, -0.1) is 0 Å². The van der Waals surface area contributed by atoms with Crippen molar-refractivity contribution in [2.24, 2.45) is 0 Å². The van der Waals surface area contributed by atoms with Crippen molar-refractivity contribution < 1.29 is 8.83 Å². The van der Waals surface area contributed by atoms with Crippen LogP contribution in [0.4, 0.5) is 0 Å². The minimum absolute atomic E-state index is 0.577. The van der Waals surface area contributed by atoms with Crippen molar-refractivity contribution in [3.8, 4) is 67.5 Å². The van der Waals surface area contributed by atoms with Crippen LogP contribution in [-0.2, 0) is 0 Å². The molecule has 0 aliphatic rings. The summed E-state index contributed by atoms with van der Waals surface area (Å²) >= 11 is 0. The molecule has 3 heterocycles. The molecule has 0 atom stereocenters. The van der Waals surface area contributed by atoms with Gasteiger partial charge in [-0.05, 0) is 85.3 Å². The van der Waals surface area contributed by atoms with Crippen LogP contribution in [0.1, 0.15) is 0 Å². The Morgan fingerprint density at radius 3 is 1.58 bits per heavy atom. The zero-order chi connectivity index (χ0) is 42.1. The van der Waals surface area contributed by atoms with E-state index in [0.717, 1.165) is 99.2 Å². The number of hydrogen-bond acceptors (Lipinski definition) is 5. The molecule has 298 valence electrons. The van der Waals surface area contributed by atoms with Crippen molar-refractivity contribution in [3.05, 3.63) is 212 Å². The monoisotopic (exact) mass is 817 g/mol. The number of aromatic nitrogens is 3. The summed E-state index contributed by atoms with van der Waals surface area (Å²) in [6.45, 7) is 0. The van der Waals surface area contributed by atoms with E-state index in [1.807, 2.05) is 36.4 Å². The van der Waals surface area contributed by atoms with Gasteiger partial charge in [0.05, 0.1) is 0 Å². The molecule has 0 unspecified atom stereocenters. The van der Waals surface area contributed by atoms with Crippen LogP contribution in [0.3, 0.4) is 0 Å². The SMILES string of the molecule is c1ccc(-c2ccc3c(c2)oc2cccc(-c4cccc5c(-c6nc(-c7ccc(-c8cccc9ccccc89)cc7)nc(-c7cccc8oc9ccccc9c78)n6)cccc45)c23)cc1. The first-order valence-electron chi connectivity index (χ1n) is 21.5. The normalized spacial score (nSPS) is 11.8. The van der Waals surface area contributed by atoms with Gasteiger partial charge in [0.25, 0.3) is 0 Å². The smallest absolute Gasteiger partial charge is 0.164 e. The molecule has 0 fully saturated rings. The van der Waals surface area contributed by atoms with Gasteiger partial charge < -0.3 is 8.83 Å². The molecule has 10 aromatic carbocycles. The first-order chi connectivity index (χ1) is 31.7. The Hall–Kier alpha value is -8.67. The Kier molecular flexibility index (Phi) is 8.15. The Morgan fingerprint density at radius 2 is 0.750 bits per heavy atom. The van der Waals surface area contributed by atoms with E-state index in [1.165, 1.54) is 16.3 Å². The van der Waals surface area contributed by atoms with Gasteiger partial charge in [0, 0.05) is 38.2 Å². The highest BCUT2D eigenvalue weighted by Gasteiger charge is 2.21. The number of hydrogen-bond donors (Lipinski definition) is 0. The highest BCUT2D eigenvalue weighted by molar-refractivity contribution is 6.17. The number of furan rings is 2. The summed E-state index contributed by atoms with van der Waals surface area (Å²) < 4.78 is 12.9. The van der Waals surface area contributed by atoms with Crippen molar-refractivity contribution in [2.75, 3.05) is 0 Å². The first kappa shape index (κ1) is 36.0. The summed E-state index contributed by atoms with van der Waals surface area (Å²) in [6, 6.07) is 73.9. The topological polar surface area (TPSA) is 65.0 Å². The van der Waals surface area contributed by atoms with E-state index in [-0.39, 0.29) is 0 Å². The summed E-state index contributed by atoms with van der Waals surface area (Å²) in [5.74, 6) is 1.76. The number of benzene rings is 10. The molecule has 0 aliphatic carbocycles. The van der Waals surface area contributed by atoms with E-state index in [0.29, 0.717) is 17.5 Å². The van der Waals surface area contributed by atoms with E-state index in [2.05, 4.69) is 176 Å². The van der Waals surface area contributed by atoms with E-state index in [9.17, 15) is 0 Å². The van der Waals surface area contributed by atoms with Crippen LogP contribution in [0.2, 0.25) is 0 Å². The van der Waals surface area contributed by atoms with E-state index in [1.54, 1.807) is 0 Å². The number of para-hydroxylation sites is 1. The highest BCUT2D eigenvalue weighted by Crippen LogP contribution is 2.43. The molecule has 3 aromatic heterocycles. The van der Waals surface area contributed by atoms with Crippen LogP contribution >= 0.6 is 0 Å². The first-order valence-corrected chi connectivity index (χ1v) is 21.5. The molecule has 0 N–H and O–H groups in total. The number of nitrogens with zero attached hydrogens (tertiary/aromatic N) is 3. The standard InChI is InChI=1S/C59H35N3O2/c1-2-13-36(14-3-1)40-33-34-49-54(35-40)64-52-27-11-23-46(55(49)52)44-21-9-22-45-43(44)20-10-24-47(45)58-60-57(39-31-29-38(30-32-39)42-19-8-16-37-15-4-5-17-41(37)42)61-59(62-58)50-25-12-28-53-56(50)48-18-6-7-26-51(48)63-53/h1-35H. The fourth-order valence-electron chi connectivity index (χ4n) is 9.58. The summed E-state index contributed by atoms with van der Waals surface area (Å²) in [4.78, 5) is 15.9. The molecule has 0 saturated carbocycles. The van der Waals surface area contributed by atoms with Crippen LogP contribution in [0.25, 0.3) is 133 Å². The fourth-order valence-corrected chi connectivity index (χ4v) is 9.58. The Balaban J connectivity index is 0.991. The Labute approximate surface area is 367 Å². The molecule has 0 spiro atoms. The van der Waals surface area contributed by atoms with Crippen LogP contribution < -0.4 is 0 Å². The number of fused-ring (bicyclic) bond motifs is 8. The summed E-state index contributed by atoms with van der Waals surface area (Å²) in [7, 11) is 0. The third-order valence-electron chi connectivity index (χ3n) is 12.6. The molecule has 0 bridgehead atoms. The molecule has 0 aliphatic heterocycles. The third kappa shape index (κ3) is 5.83. The molecular weight excluding hydrogens is 783 g/mol. The van der Waals surface area contributed by atoms with Gasteiger partial charge in [-0.1, -0.05) is 182 Å². The summed E-state index contributed by atoms with van der Waals surface area (Å²) in [5.41, 5.74) is 12.8. The second-order valence-electron chi connectivity index (χ2n) is 16.3. The maximum absolute atomic E-state index is 6.56. The van der Waals surface area contributed by atoms with Gasteiger partial charge in [0.2, 0.25) is 0 Å². The molecular formula is C59H35N3O2. The molecule has 13 rings (SSSR count). The zero-order valence-electron chi connectivity index (χ0n) is 34.4. The lowest BCUT2D eigenvalue weighted by Gasteiger charge is -2.13. The van der Waals surface area contributed by atoms with E-state index in [4.69, 9.17) is 23.8 Å². The summed E-state index contributed by atoms with van der Waals surface area (Å²) in [6.07, 6.45) is 0. The largest absolute Gasteiger partial charge is 0.456 e. The minimum atomic E-state index is 0.577. The maximum Gasteiger partial charge on any atom is 0.164 e. The molecule has 0 radical (unpaired) electrons. The average molecular weight is 818 g/mol. The predicted octanol–water partition coefficient (Wildman–Crippen LogP) is 16.0. The lowest BCUT2D eigenvalue weighted by molar-refractivity contribution is 0.668. The molecule has 13 aromatic rings. The third-order valence-corrected chi connectivity index (χ3v) is 12.6. The average Bonchev–Trinajstić information content (AvgIpc) is 3.94. The second-order valence-corrected chi connectivity index (χ2v) is 16.3. The fraction of sp³-hybridized carbons (Fsp3) is 0. The molecule has 64 heavy (non-hydrogen) atoms. The van der Waals surface area contributed by atoms with Crippen molar-refractivity contribution in [3.63, 3.8) is 0 Å². The zero-order valence-corrected chi connectivity index (χ0v) is 34.4. The lowest BCUT2D eigenvalue weighted by Crippen LogP contribution is -2.01. The van der Waals surface area contributed by atoms with Gasteiger partial charge in [0.15, 0.2) is 17.5 Å². The van der Waals surface area contributed by atoms with E-state index >= 15 is 0 Å². The number of rotatable bonds is 6. The predicted molar refractivity (Wildman–Crippen MR) is 262 cm³/mol. The van der Waals surface area contributed by atoms with Gasteiger partial charge in [-0.25, -0.2) is 15.0 Å². The lowest BCUT2D eigenvalue weighted by atomic mass is 9.92. The summed E-state index contributed by atoms with van der Waals surface area (Å²) in [5, 5.41) is 8.72. The van der Waals surface area contributed by atoms with Crippen LogP contribution in [0, 0.1) is 0 Å². The van der Waals surface area contributed by atoms with Crippen LogP contribution in [-0.4, -0.2) is 15.0 Å². The van der Waals surface area contributed by atoms with Crippen LogP contribution in [0.15, 0.2) is 221 Å². The molecule has 5 nitrogen and oxygen atoms in total. The molecule has 0 saturated heterocycles. The van der Waals surface area contributed by atoms with Gasteiger partial charge in [-0.3, -0.25) is 0 Å². The van der Waals surface area contributed by atoms with Crippen molar-refractivity contribution >= 4 is 65.4 Å².